The molecule has 2 amide bonds. The fourth-order valence-electron chi connectivity index (χ4n) is 5.35. The molecule has 1 aliphatic heterocycles. The van der Waals surface area contributed by atoms with Gasteiger partial charge < -0.3 is 16.2 Å². The van der Waals surface area contributed by atoms with Crippen molar-refractivity contribution in [2.24, 2.45) is 11.5 Å². The number of hydrogen-bond donors (Lipinski definition) is 2. The average molecular weight is 561 g/mol. The monoisotopic (exact) mass is 560 g/mol. The van der Waals surface area contributed by atoms with Gasteiger partial charge in [0, 0.05) is 30.8 Å². The first-order chi connectivity index (χ1) is 19.7. The van der Waals surface area contributed by atoms with Gasteiger partial charge in [0.1, 0.15) is 29.3 Å². The van der Waals surface area contributed by atoms with E-state index in [2.05, 4.69) is 4.98 Å². The molecule has 1 aliphatic rings. The zero-order chi connectivity index (χ0) is 29.1. The predicted molar refractivity (Wildman–Crippen MR) is 146 cm³/mol. The van der Waals surface area contributed by atoms with Gasteiger partial charge in [-0.05, 0) is 60.0 Å². The van der Waals surface area contributed by atoms with E-state index in [9.17, 15) is 22.8 Å². The number of halogens is 3. The Morgan fingerprint density at radius 1 is 0.951 bits per heavy atom. The van der Waals surface area contributed by atoms with Gasteiger partial charge in [-0.2, -0.15) is 0 Å². The van der Waals surface area contributed by atoms with Crippen molar-refractivity contribution in [3.8, 4) is 16.9 Å². The molecule has 0 saturated carbocycles. The molecule has 3 atom stereocenters. The molecule has 2 heterocycles. The number of rotatable bonds is 9. The van der Waals surface area contributed by atoms with Crippen LogP contribution in [-0.2, 0) is 11.2 Å². The summed E-state index contributed by atoms with van der Waals surface area (Å²) in [4.78, 5) is 31.0. The van der Waals surface area contributed by atoms with Crippen LogP contribution in [0.1, 0.15) is 34.1 Å². The van der Waals surface area contributed by atoms with E-state index in [0.29, 0.717) is 28.1 Å². The summed E-state index contributed by atoms with van der Waals surface area (Å²) in [6.07, 6.45) is 1.47. The van der Waals surface area contributed by atoms with E-state index >= 15 is 0 Å². The van der Waals surface area contributed by atoms with E-state index in [1.807, 2.05) is 23.1 Å². The highest BCUT2D eigenvalue weighted by Crippen LogP contribution is 2.38. The molecule has 5 rings (SSSR count). The molecule has 4 aromatic rings. The van der Waals surface area contributed by atoms with Gasteiger partial charge in [-0.15, -0.1) is 0 Å². The van der Waals surface area contributed by atoms with Crippen LogP contribution in [0.3, 0.4) is 0 Å². The van der Waals surface area contributed by atoms with Crippen molar-refractivity contribution in [3.05, 3.63) is 119 Å². The fourth-order valence-corrected chi connectivity index (χ4v) is 5.35. The number of pyridine rings is 1. The van der Waals surface area contributed by atoms with Crippen LogP contribution in [0.25, 0.3) is 11.1 Å². The smallest absolute Gasteiger partial charge is 0.251 e. The van der Waals surface area contributed by atoms with E-state index in [4.69, 9.17) is 16.2 Å². The summed E-state index contributed by atoms with van der Waals surface area (Å²) < 4.78 is 48.9. The first kappa shape index (κ1) is 27.9. The first-order valence-electron chi connectivity index (χ1n) is 13.0. The highest BCUT2D eigenvalue weighted by molar-refractivity contribution is 5.94. The number of benzene rings is 3. The van der Waals surface area contributed by atoms with Crippen LogP contribution in [0.5, 0.6) is 5.75 Å². The number of amides is 2. The van der Waals surface area contributed by atoms with Gasteiger partial charge in [0.05, 0.1) is 23.3 Å². The van der Waals surface area contributed by atoms with E-state index in [1.165, 1.54) is 24.3 Å². The van der Waals surface area contributed by atoms with Crippen molar-refractivity contribution in [1.29, 1.82) is 0 Å². The average Bonchev–Trinajstić information content (AvgIpc) is 3.36. The largest absolute Gasteiger partial charge is 0.489 e. The lowest BCUT2D eigenvalue weighted by atomic mass is 9.93. The third-order valence-electron chi connectivity index (χ3n) is 7.12. The maximum atomic E-state index is 14.3. The van der Waals surface area contributed by atoms with Crippen molar-refractivity contribution in [2.75, 3.05) is 6.54 Å². The Morgan fingerprint density at radius 2 is 1.68 bits per heavy atom. The maximum absolute atomic E-state index is 14.3. The normalized spacial score (nSPS) is 17.7. The van der Waals surface area contributed by atoms with E-state index in [0.717, 1.165) is 12.1 Å². The molecule has 210 valence electrons. The van der Waals surface area contributed by atoms with Crippen LogP contribution in [-0.4, -0.2) is 40.4 Å². The molecule has 0 radical (unpaired) electrons. The van der Waals surface area contributed by atoms with Crippen LogP contribution >= 0.6 is 0 Å². The van der Waals surface area contributed by atoms with Crippen LogP contribution in [0, 0.1) is 17.5 Å². The molecule has 10 heteroatoms. The minimum atomic E-state index is -0.934. The van der Waals surface area contributed by atoms with E-state index in [-0.39, 0.29) is 24.9 Å². The van der Waals surface area contributed by atoms with Gasteiger partial charge in [-0.1, -0.05) is 30.3 Å². The molecule has 3 aromatic carbocycles. The van der Waals surface area contributed by atoms with E-state index in [1.54, 1.807) is 30.5 Å². The minimum Gasteiger partial charge on any atom is -0.489 e. The molecule has 0 aliphatic carbocycles. The molecule has 4 N–H and O–H groups in total. The van der Waals surface area contributed by atoms with Crippen LogP contribution in [0.4, 0.5) is 13.2 Å². The van der Waals surface area contributed by atoms with Crippen molar-refractivity contribution in [1.82, 2.24) is 9.88 Å². The van der Waals surface area contributed by atoms with Crippen molar-refractivity contribution >= 4 is 11.8 Å². The summed E-state index contributed by atoms with van der Waals surface area (Å²) in [5.41, 5.74) is 12.7. The van der Waals surface area contributed by atoms with Gasteiger partial charge in [0.15, 0.2) is 0 Å². The Kier molecular flexibility index (Phi) is 8.02. The minimum absolute atomic E-state index is 0.0599. The van der Waals surface area contributed by atoms with Gasteiger partial charge in [0.2, 0.25) is 5.91 Å². The molecule has 1 saturated heterocycles. The second-order valence-electron chi connectivity index (χ2n) is 9.90. The Labute approximate surface area is 234 Å². The molecule has 0 bridgehead atoms. The third-order valence-corrected chi connectivity index (χ3v) is 7.12. The van der Waals surface area contributed by atoms with Crippen molar-refractivity contribution in [2.45, 2.75) is 31.0 Å². The molecular weight excluding hydrogens is 533 g/mol. The second kappa shape index (κ2) is 11.8. The maximum Gasteiger partial charge on any atom is 0.251 e. The zero-order valence-corrected chi connectivity index (χ0v) is 21.8. The van der Waals surface area contributed by atoms with Gasteiger partial charge in [0.25, 0.3) is 5.91 Å². The number of primary amides is 2. The predicted octanol–water partition coefficient (Wildman–Crippen LogP) is 4.56. The summed E-state index contributed by atoms with van der Waals surface area (Å²) in [6, 6.07) is 18.2. The Bertz CT molecular complexity index is 1560. The number of carbonyl (C=O) groups excluding carboxylic acids is 2. The van der Waals surface area contributed by atoms with Gasteiger partial charge in [-0.25, -0.2) is 13.2 Å². The molecular formula is C31H27F3N4O3. The number of hydrogen-bond acceptors (Lipinski definition) is 5. The Hall–Kier alpha value is -4.70. The number of likely N-dealkylation sites (tertiary alicyclic amines) is 1. The lowest BCUT2D eigenvalue weighted by Gasteiger charge is -2.32. The van der Waals surface area contributed by atoms with Crippen LogP contribution < -0.4 is 16.2 Å². The fraction of sp³-hybridized carbons (Fsp3) is 0.194. The van der Waals surface area contributed by atoms with Crippen molar-refractivity contribution in [3.63, 3.8) is 0 Å². The Balaban J connectivity index is 1.60. The molecule has 7 nitrogen and oxygen atoms in total. The summed E-state index contributed by atoms with van der Waals surface area (Å²) >= 11 is 0. The van der Waals surface area contributed by atoms with Gasteiger partial charge in [-0.3, -0.25) is 19.5 Å². The lowest BCUT2D eigenvalue weighted by molar-refractivity contribution is -0.123. The molecule has 1 aromatic heterocycles. The topological polar surface area (TPSA) is 112 Å². The first-order valence-corrected chi connectivity index (χ1v) is 13.0. The van der Waals surface area contributed by atoms with E-state index < -0.39 is 47.5 Å². The van der Waals surface area contributed by atoms with Crippen LogP contribution in [0.15, 0.2) is 85.1 Å². The van der Waals surface area contributed by atoms with Crippen LogP contribution in [0.2, 0.25) is 0 Å². The highest BCUT2D eigenvalue weighted by atomic mass is 19.1. The molecule has 1 fully saturated rings. The number of para-hydroxylation sites is 1. The molecule has 0 spiro atoms. The SMILES string of the molecule is NC(=O)c1cc(-c2cccnc2[C@H](Cc2cc(F)cc(F)c2)N2CC(Oc3ccccc3)CC2C(N)=O)ccc1F. The standard InChI is InChI=1S/C31H27F3N4O3/c32-20-11-18(12-21(33)15-20)13-27(38-17-23(16-28(38)31(36)40)41-22-5-2-1-3-6-22)29-24(7-4-10-37-29)19-8-9-26(34)25(14-19)30(35)39/h1-12,14-15,23,27-28H,13,16-17H2,(H2,35,39)(H2,36,40)/t23?,27-,28?/m0/s1. The summed E-state index contributed by atoms with van der Waals surface area (Å²) in [7, 11) is 0. The summed E-state index contributed by atoms with van der Waals surface area (Å²) in [5.74, 6) is -3.17. The van der Waals surface area contributed by atoms with Crippen molar-refractivity contribution < 1.29 is 27.5 Å². The van der Waals surface area contributed by atoms with Gasteiger partial charge >= 0.3 is 0 Å². The third kappa shape index (κ3) is 6.22. The second-order valence-corrected chi connectivity index (χ2v) is 9.90. The molecule has 2 unspecified atom stereocenters. The summed E-state index contributed by atoms with van der Waals surface area (Å²) in [6.45, 7) is 0.261. The summed E-state index contributed by atoms with van der Waals surface area (Å²) in [5, 5.41) is 0. The molecule has 41 heavy (non-hydrogen) atoms. The number of nitrogens with zero attached hydrogens (tertiary/aromatic N) is 2. The quantitative estimate of drug-likeness (QED) is 0.312. The number of ether oxygens (including phenoxy) is 1. The number of carbonyl (C=O) groups is 2. The number of nitrogens with two attached hydrogens (primary N) is 2. The zero-order valence-electron chi connectivity index (χ0n) is 21.8. The highest BCUT2D eigenvalue weighted by Gasteiger charge is 2.42. The lowest BCUT2D eigenvalue weighted by Crippen LogP contribution is -2.43. The Morgan fingerprint density at radius 3 is 2.37 bits per heavy atom. The number of aromatic nitrogens is 1.